The molecule has 0 heterocycles. The zero-order chi connectivity index (χ0) is 11.3. The van der Waals surface area contributed by atoms with Gasteiger partial charge in [-0.3, -0.25) is 4.79 Å². The molecule has 0 saturated heterocycles. The smallest absolute Gasteiger partial charge is 0.135 e. The number of phenolic OH excluding ortho intramolecular Hbond substituents is 1. The van der Waals surface area contributed by atoms with Crippen molar-refractivity contribution >= 4 is 5.78 Å². The summed E-state index contributed by atoms with van der Waals surface area (Å²) in [6.07, 6.45) is 2.44. The summed E-state index contributed by atoms with van der Waals surface area (Å²) < 4.78 is 0. The molecule has 1 aromatic rings. The molecule has 2 nitrogen and oxygen atoms in total. The number of ketones is 1. The molecule has 0 atom stereocenters. The molecular weight excluding hydrogens is 188 g/mol. The van der Waals surface area contributed by atoms with E-state index in [-0.39, 0.29) is 11.7 Å². The highest BCUT2D eigenvalue weighted by Gasteiger charge is 2.06. The second-order valence-electron chi connectivity index (χ2n) is 4.14. The van der Waals surface area contributed by atoms with Gasteiger partial charge in [-0.15, -0.1) is 0 Å². The molecule has 1 aromatic carbocycles. The van der Waals surface area contributed by atoms with Gasteiger partial charge in [0.15, 0.2) is 0 Å². The molecule has 0 aliphatic rings. The molecule has 0 bridgehead atoms. The second kappa shape index (κ2) is 5.54. The molecule has 0 radical (unpaired) electrons. The minimum absolute atomic E-state index is 0.143. The monoisotopic (exact) mass is 206 g/mol. The summed E-state index contributed by atoms with van der Waals surface area (Å²) in [6.45, 7) is 3.87. The average Bonchev–Trinajstić information content (AvgIpc) is 2.20. The molecule has 0 unspecified atom stereocenters. The Morgan fingerprint density at radius 1 is 1.27 bits per heavy atom. The van der Waals surface area contributed by atoms with E-state index in [0.717, 1.165) is 12.8 Å². The van der Waals surface area contributed by atoms with Crippen molar-refractivity contribution in [2.75, 3.05) is 0 Å². The zero-order valence-electron chi connectivity index (χ0n) is 9.36. The van der Waals surface area contributed by atoms with Crippen molar-refractivity contribution in [3.63, 3.8) is 0 Å². The topological polar surface area (TPSA) is 37.3 Å². The predicted octanol–water partition coefficient (Wildman–Crippen LogP) is 2.94. The van der Waals surface area contributed by atoms with Crippen LogP contribution in [0.15, 0.2) is 24.3 Å². The van der Waals surface area contributed by atoms with Gasteiger partial charge in [0, 0.05) is 12.3 Å². The van der Waals surface area contributed by atoms with E-state index < -0.39 is 0 Å². The Bertz CT molecular complexity index is 312. The van der Waals surface area contributed by atoms with E-state index in [4.69, 9.17) is 5.11 Å². The minimum Gasteiger partial charge on any atom is -0.508 e. The van der Waals surface area contributed by atoms with Crippen LogP contribution >= 0.6 is 0 Å². The van der Waals surface area contributed by atoms with Gasteiger partial charge in [-0.2, -0.15) is 0 Å². The maximum atomic E-state index is 11.3. The lowest BCUT2D eigenvalue weighted by Crippen LogP contribution is -2.06. The Labute approximate surface area is 90.9 Å². The lowest BCUT2D eigenvalue weighted by Gasteiger charge is -2.04. The fourth-order valence-corrected chi connectivity index (χ4v) is 1.42. The van der Waals surface area contributed by atoms with Crippen LogP contribution in [0.4, 0.5) is 0 Å². The molecule has 0 fully saturated rings. The first kappa shape index (κ1) is 11.8. The van der Waals surface area contributed by atoms with Gasteiger partial charge < -0.3 is 5.11 Å². The fourth-order valence-electron chi connectivity index (χ4n) is 1.42. The quantitative estimate of drug-likeness (QED) is 0.804. The number of Topliss-reactive ketones (excluding diaryl/α,β-unsaturated/α-hetero) is 1. The van der Waals surface area contributed by atoms with Gasteiger partial charge >= 0.3 is 0 Å². The Morgan fingerprint density at radius 3 is 2.40 bits per heavy atom. The largest absolute Gasteiger partial charge is 0.508 e. The van der Waals surface area contributed by atoms with E-state index >= 15 is 0 Å². The predicted molar refractivity (Wildman–Crippen MR) is 60.9 cm³/mol. The molecule has 82 valence electrons. The molecule has 0 saturated carbocycles. The Kier molecular flexibility index (Phi) is 4.35. The highest BCUT2D eigenvalue weighted by atomic mass is 16.3. The van der Waals surface area contributed by atoms with Crippen molar-refractivity contribution in [1.82, 2.24) is 0 Å². The van der Waals surface area contributed by atoms with Crippen LogP contribution in [0, 0.1) is 5.92 Å². The first-order chi connectivity index (χ1) is 7.09. The standard InChI is InChI=1S/C13H18O2/c1-10(2)13(15)5-3-4-11-6-8-12(14)9-7-11/h6-10,14H,3-5H2,1-2H3. The number of carbonyl (C=O) groups excluding carboxylic acids is 1. The van der Waals surface area contributed by atoms with Crippen molar-refractivity contribution in [1.29, 1.82) is 0 Å². The first-order valence-electron chi connectivity index (χ1n) is 5.40. The van der Waals surface area contributed by atoms with Crippen LogP contribution in [-0.2, 0) is 11.2 Å². The van der Waals surface area contributed by atoms with E-state index in [1.807, 2.05) is 26.0 Å². The third kappa shape index (κ3) is 4.15. The molecule has 15 heavy (non-hydrogen) atoms. The van der Waals surface area contributed by atoms with E-state index in [9.17, 15) is 4.79 Å². The van der Waals surface area contributed by atoms with Crippen molar-refractivity contribution in [2.24, 2.45) is 5.92 Å². The van der Waals surface area contributed by atoms with Crippen LogP contribution in [0.1, 0.15) is 32.3 Å². The SMILES string of the molecule is CC(C)C(=O)CCCc1ccc(O)cc1. The summed E-state index contributed by atoms with van der Waals surface area (Å²) >= 11 is 0. The summed E-state index contributed by atoms with van der Waals surface area (Å²) in [5, 5.41) is 9.09. The molecule has 0 aromatic heterocycles. The number of aromatic hydroxyl groups is 1. The van der Waals surface area contributed by atoms with Gasteiger partial charge in [-0.25, -0.2) is 0 Å². The van der Waals surface area contributed by atoms with Crippen LogP contribution in [0.25, 0.3) is 0 Å². The van der Waals surface area contributed by atoms with Gasteiger partial charge in [0.25, 0.3) is 0 Å². The number of rotatable bonds is 5. The summed E-state index contributed by atoms with van der Waals surface area (Å²) in [5.41, 5.74) is 1.17. The van der Waals surface area contributed by atoms with E-state index in [2.05, 4.69) is 0 Å². The van der Waals surface area contributed by atoms with Crippen molar-refractivity contribution in [2.45, 2.75) is 33.1 Å². The number of carbonyl (C=O) groups is 1. The Balaban J connectivity index is 2.32. The molecule has 0 aliphatic heterocycles. The van der Waals surface area contributed by atoms with E-state index in [1.54, 1.807) is 12.1 Å². The first-order valence-corrected chi connectivity index (χ1v) is 5.40. The number of hydrogen-bond donors (Lipinski definition) is 1. The summed E-state index contributed by atoms with van der Waals surface area (Å²) in [6, 6.07) is 7.16. The van der Waals surface area contributed by atoms with Gasteiger partial charge in [0.05, 0.1) is 0 Å². The van der Waals surface area contributed by atoms with Gasteiger partial charge in [-0.05, 0) is 30.5 Å². The molecule has 0 aliphatic carbocycles. The maximum Gasteiger partial charge on any atom is 0.135 e. The molecule has 1 rings (SSSR count). The third-order valence-electron chi connectivity index (χ3n) is 2.47. The molecular formula is C13H18O2. The van der Waals surface area contributed by atoms with Crippen LogP contribution < -0.4 is 0 Å². The van der Waals surface area contributed by atoms with Crippen molar-refractivity contribution in [3.05, 3.63) is 29.8 Å². The van der Waals surface area contributed by atoms with Gasteiger partial charge in [-0.1, -0.05) is 26.0 Å². The van der Waals surface area contributed by atoms with Crippen LogP contribution in [0.3, 0.4) is 0 Å². The number of hydrogen-bond acceptors (Lipinski definition) is 2. The normalized spacial score (nSPS) is 10.6. The van der Waals surface area contributed by atoms with Crippen LogP contribution in [-0.4, -0.2) is 10.9 Å². The van der Waals surface area contributed by atoms with Crippen molar-refractivity contribution < 1.29 is 9.90 Å². The summed E-state index contributed by atoms with van der Waals surface area (Å²) in [5.74, 6) is 0.760. The minimum atomic E-state index is 0.143. The molecule has 1 N–H and O–H groups in total. The summed E-state index contributed by atoms with van der Waals surface area (Å²) in [4.78, 5) is 11.3. The lowest BCUT2D eigenvalue weighted by molar-refractivity contribution is -0.121. The second-order valence-corrected chi connectivity index (χ2v) is 4.14. The summed E-state index contributed by atoms with van der Waals surface area (Å²) in [7, 11) is 0. The van der Waals surface area contributed by atoms with Crippen LogP contribution in [0.2, 0.25) is 0 Å². The molecule has 0 amide bonds. The number of phenols is 1. The lowest BCUT2D eigenvalue weighted by atomic mass is 10.0. The highest BCUT2D eigenvalue weighted by Crippen LogP contribution is 2.12. The maximum absolute atomic E-state index is 11.3. The highest BCUT2D eigenvalue weighted by molar-refractivity contribution is 5.80. The van der Waals surface area contributed by atoms with E-state index in [0.29, 0.717) is 12.2 Å². The number of aryl methyl sites for hydroxylation is 1. The van der Waals surface area contributed by atoms with Gasteiger partial charge in [0.2, 0.25) is 0 Å². The average molecular weight is 206 g/mol. The molecule has 2 heteroatoms. The molecule has 0 spiro atoms. The Hall–Kier alpha value is -1.31. The van der Waals surface area contributed by atoms with Crippen LogP contribution in [0.5, 0.6) is 5.75 Å². The number of benzene rings is 1. The third-order valence-corrected chi connectivity index (χ3v) is 2.47. The Morgan fingerprint density at radius 2 is 1.87 bits per heavy atom. The van der Waals surface area contributed by atoms with E-state index in [1.165, 1.54) is 5.56 Å². The van der Waals surface area contributed by atoms with Crippen molar-refractivity contribution in [3.8, 4) is 5.75 Å². The zero-order valence-corrected chi connectivity index (χ0v) is 9.36. The fraction of sp³-hybridized carbons (Fsp3) is 0.462. The van der Waals surface area contributed by atoms with Gasteiger partial charge in [0.1, 0.15) is 11.5 Å².